The Morgan fingerprint density at radius 1 is 1.10 bits per heavy atom. The van der Waals surface area contributed by atoms with E-state index in [0.717, 1.165) is 12.1 Å². The number of nitrogens with zero attached hydrogens (tertiary/aromatic N) is 1. The monoisotopic (exact) mass is 472 g/mol. The first-order chi connectivity index (χ1) is 14.5. The first-order valence-corrected chi connectivity index (χ1v) is 10.4. The summed E-state index contributed by atoms with van der Waals surface area (Å²) in [6, 6.07) is 9.22. The Labute approximate surface area is 188 Å². The van der Waals surface area contributed by atoms with E-state index in [1.807, 2.05) is 0 Å². The zero-order valence-corrected chi connectivity index (χ0v) is 18.4. The Kier molecular flexibility index (Phi) is 6.86. The zero-order valence-electron chi connectivity index (χ0n) is 16.8. The van der Waals surface area contributed by atoms with Gasteiger partial charge in [-0.2, -0.15) is 13.2 Å². The summed E-state index contributed by atoms with van der Waals surface area (Å²) in [5.41, 5.74) is -0.214. The molecule has 2 aromatic carbocycles. The molecule has 1 N–H and O–H groups in total. The first-order valence-electron chi connectivity index (χ1n) is 9.69. The summed E-state index contributed by atoms with van der Waals surface area (Å²) in [4.78, 5) is 27.3. The molecule has 0 unspecified atom stereocenters. The van der Waals surface area contributed by atoms with Crippen molar-refractivity contribution in [3.63, 3.8) is 0 Å². The number of carbonyl (C=O) groups excluding carboxylic acids is 2. The van der Waals surface area contributed by atoms with Crippen LogP contribution in [0.25, 0.3) is 0 Å². The van der Waals surface area contributed by atoms with E-state index in [4.69, 9.17) is 23.2 Å². The predicted octanol–water partition coefficient (Wildman–Crippen LogP) is 5.39. The molecule has 0 bridgehead atoms. The molecule has 166 valence electrons. The number of amides is 2. The van der Waals surface area contributed by atoms with Crippen LogP contribution in [-0.4, -0.2) is 35.8 Å². The topological polar surface area (TPSA) is 49.4 Å². The van der Waals surface area contributed by atoms with E-state index in [1.54, 1.807) is 19.9 Å². The molecule has 0 aromatic heterocycles. The highest BCUT2D eigenvalue weighted by molar-refractivity contribution is 6.36. The molecule has 31 heavy (non-hydrogen) atoms. The van der Waals surface area contributed by atoms with Crippen LogP contribution in [0.2, 0.25) is 10.0 Å². The van der Waals surface area contributed by atoms with Gasteiger partial charge in [-0.15, -0.1) is 0 Å². The van der Waals surface area contributed by atoms with Crippen molar-refractivity contribution in [2.24, 2.45) is 5.92 Å². The number of nitrogens with one attached hydrogen (secondary N) is 1. The van der Waals surface area contributed by atoms with Gasteiger partial charge in [-0.1, -0.05) is 41.4 Å². The Hall–Kier alpha value is -2.25. The summed E-state index contributed by atoms with van der Waals surface area (Å²) in [5, 5.41) is 3.35. The lowest BCUT2D eigenvalue weighted by atomic mass is 9.87. The molecular weight excluding hydrogens is 452 g/mol. The van der Waals surface area contributed by atoms with Crippen molar-refractivity contribution in [2.75, 3.05) is 13.1 Å². The molecule has 9 heteroatoms. The van der Waals surface area contributed by atoms with E-state index in [-0.39, 0.29) is 35.6 Å². The summed E-state index contributed by atoms with van der Waals surface area (Å²) in [6.07, 6.45) is -4.50. The minimum atomic E-state index is -4.50. The molecule has 2 aromatic rings. The third-order valence-corrected chi connectivity index (χ3v) is 5.73. The smallest absolute Gasteiger partial charge is 0.354 e. The second kappa shape index (κ2) is 9.09. The fourth-order valence-corrected chi connectivity index (χ4v) is 4.23. The van der Waals surface area contributed by atoms with E-state index < -0.39 is 29.5 Å². The van der Waals surface area contributed by atoms with Crippen LogP contribution in [0.1, 0.15) is 41.3 Å². The standard InChI is InChI=1S/C22H21Cl2F3N2O2/c1-12(2)28-20(30)18-11-29(21(31)16-7-6-15(23)9-19(16)24)10-17(18)13-4-3-5-14(8-13)22(25,26)27/h3-9,12,17-18H,10-11H2,1-2H3,(H,28,30)/t17-,18+/m1/s1. The molecule has 3 rings (SSSR count). The third-order valence-electron chi connectivity index (χ3n) is 5.18. The molecule has 1 aliphatic rings. The first kappa shape index (κ1) is 23.4. The van der Waals surface area contributed by atoms with Crippen molar-refractivity contribution in [2.45, 2.75) is 32.0 Å². The Morgan fingerprint density at radius 3 is 2.42 bits per heavy atom. The summed E-state index contributed by atoms with van der Waals surface area (Å²) in [5.74, 6) is -2.00. The highest BCUT2D eigenvalue weighted by Crippen LogP contribution is 2.37. The van der Waals surface area contributed by atoms with Crippen LogP contribution >= 0.6 is 23.2 Å². The summed E-state index contributed by atoms with van der Waals surface area (Å²) >= 11 is 12.1. The Balaban J connectivity index is 1.94. The van der Waals surface area contributed by atoms with E-state index in [0.29, 0.717) is 10.6 Å². The molecule has 0 aliphatic carbocycles. The third kappa shape index (κ3) is 5.33. The van der Waals surface area contributed by atoms with Gasteiger partial charge in [0.1, 0.15) is 0 Å². The second-order valence-electron chi connectivity index (χ2n) is 7.83. The lowest BCUT2D eigenvalue weighted by molar-refractivity contribution is -0.137. The maximum atomic E-state index is 13.2. The van der Waals surface area contributed by atoms with Crippen molar-refractivity contribution in [3.05, 3.63) is 69.2 Å². The van der Waals surface area contributed by atoms with Crippen molar-refractivity contribution < 1.29 is 22.8 Å². The number of hydrogen-bond donors (Lipinski definition) is 1. The van der Waals surface area contributed by atoms with E-state index >= 15 is 0 Å². The molecule has 1 heterocycles. The lowest BCUT2D eigenvalue weighted by Gasteiger charge is -2.20. The predicted molar refractivity (Wildman–Crippen MR) is 113 cm³/mol. The zero-order chi connectivity index (χ0) is 22.9. The second-order valence-corrected chi connectivity index (χ2v) is 8.68. The van der Waals surface area contributed by atoms with Crippen molar-refractivity contribution in [3.8, 4) is 0 Å². The van der Waals surface area contributed by atoms with Gasteiger partial charge in [-0.25, -0.2) is 0 Å². The fraction of sp³-hybridized carbons (Fsp3) is 0.364. The van der Waals surface area contributed by atoms with E-state index in [1.165, 1.54) is 29.2 Å². The minimum absolute atomic E-state index is 0.0667. The summed E-state index contributed by atoms with van der Waals surface area (Å²) in [7, 11) is 0. The maximum absolute atomic E-state index is 13.2. The van der Waals surface area contributed by atoms with Gasteiger partial charge in [0.05, 0.1) is 22.1 Å². The Morgan fingerprint density at radius 2 is 1.81 bits per heavy atom. The number of halogens is 5. The van der Waals surface area contributed by atoms with Gasteiger partial charge >= 0.3 is 6.18 Å². The van der Waals surface area contributed by atoms with Crippen LogP contribution < -0.4 is 5.32 Å². The highest BCUT2D eigenvalue weighted by Gasteiger charge is 2.42. The molecule has 1 aliphatic heterocycles. The van der Waals surface area contributed by atoms with Gasteiger partial charge in [-0.3, -0.25) is 9.59 Å². The quantitative estimate of drug-likeness (QED) is 0.647. The van der Waals surface area contributed by atoms with Crippen molar-refractivity contribution in [1.29, 1.82) is 0 Å². The average Bonchev–Trinajstić information content (AvgIpc) is 3.12. The molecule has 1 fully saturated rings. The largest absolute Gasteiger partial charge is 0.416 e. The van der Waals surface area contributed by atoms with Crippen LogP contribution in [-0.2, 0) is 11.0 Å². The molecular formula is C22H21Cl2F3N2O2. The van der Waals surface area contributed by atoms with Crippen molar-refractivity contribution >= 4 is 35.0 Å². The number of hydrogen-bond acceptors (Lipinski definition) is 2. The van der Waals surface area contributed by atoms with E-state index in [9.17, 15) is 22.8 Å². The summed E-state index contributed by atoms with van der Waals surface area (Å²) in [6.45, 7) is 3.75. The van der Waals surface area contributed by atoms with Gasteiger partial charge < -0.3 is 10.2 Å². The van der Waals surface area contributed by atoms with Gasteiger partial charge in [-0.05, 0) is 43.7 Å². The molecule has 1 saturated heterocycles. The van der Waals surface area contributed by atoms with Crippen LogP contribution in [0.15, 0.2) is 42.5 Å². The van der Waals surface area contributed by atoms with Crippen LogP contribution in [0.4, 0.5) is 13.2 Å². The number of benzene rings is 2. The fourth-order valence-electron chi connectivity index (χ4n) is 3.74. The van der Waals surface area contributed by atoms with Crippen LogP contribution in [0.3, 0.4) is 0 Å². The average molecular weight is 473 g/mol. The number of likely N-dealkylation sites (tertiary alicyclic amines) is 1. The van der Waals surface area contributed by atoms with E-state index in [2.05, 4.69) is 5.32 Å². The molecule has 4 nitrogen and oxygen atoms in total. The number of alkyl halides is 3. The van der Waals surface area contributed by atoms with Gasteiger partial charge in [0.2, 0.25) is 5.91 Å². The van der Waals surface area contributed by atoms with Gasteiger partial charge in [0, 0.05) is 30.1 Å². The van der Waals surface area contributed by atoms with Gasteiger partial charge in [0.25, 0.3) is 5.91 Å². The Bertz CT molecular complexity index is 995. The van der Waals surface area contributed by atoms with Crippen LogP contribution in [0.5, 0.6) is 0 Å². The number of carbonyl (C=O) groups is 2. The highest BCUT2D eigenvalue weighted by atomic mass is 35.5. The van der Waals surface area contributed by atoms with Crippen molar-refractivity contribution in [1.82, 2.24) is 10.2 Å². The molecule has 0 spiro atoms. The normalized spacial score (nSPS) is 19.0. The number of rotatable bonds is 4. The molecule has 2 atom stereocenters. The molecule has 2 amide bonds. The molecule has 0 saturated carbocycles. The lowest BCUT2D eigenvalue weighted by Crippen LogP contribution is -2.39. The summed E-state index contributed by atoms with van der Waals surface area (Å²) < 4.78 is 39.6. The van der Waals surface area contributed by atoms with Crippen LogP contribution in [0, 0.1) is 5.92 Å². The van der Waals surface area contributed by atoms with Gasteiger partial charge in [0.15, 0.2) is 0 Å². The SMILES string of the molecule is CC(C)NC(=O)[C@H]1CN(C(=O)c2ccc(Cl)cc2Cl)C[C@@H]1c1cccc(C(F)(F)F)c1. The minimum Gasteiger partial charge on any atom is -0.354 e. The maximum Gasteiger partial charge on any atom is 0.416 e. The molecule has 0 radical (unpaired) electrons.